The normalized spacial score (nSPS) is 10.8. The highest BCUT2D eigenvalue weighted by molar-refractivity contribution is 6.30. The van der Waals surface area contributed by atoms with Crippen molar-refractivity contribution in [2.45, 2.75) is 33.4 Å². The summed E-state index contributed by atoms with van der Waals surface area (Å²) in [6.07, 6.45) is 1.60. The topological polar surface area (TPSA) is 121 Å². The lowest BCUT2D eigenvalue weighted by Crippen LogP contribution is -2.16. The number of aromatic nitrogens is 5. The third-order valence-electron chi connectivity index (χ3n) is 4.10. The van der Waals surface area contributed by atoms with Gasteiger partial charge in [0.2, 0.25) is 11.9 Å². The number of hydrogen-bond acceptors (Lipinski definition) is 6. The van der Waals surface area contributed by atoms with E-state index in [1.54, 1.807) is 24.6 Å². The average Bonchev–Trinajstić information content (AvgIpc) is 3.16. The molecule has 0 aliphatic rings. The van der Waals surface area contributed by atoms with Crippen molar-refractivity contribution in [3.63, 3.8) is 0 Å². The van der Waals surface area contributed by atoms with Crippen molar-refractivity contribution in [1.82, 2.24) is 24.5 Å². The molecule has 2 heterocycles. The van der Waals surface area contributed by atoms with Crippen LogP contribution in [0.25, 0.3) is 0 Å². The van der Waals surface area contributed by atoms with Crippen LogP contribution in [0.1, 0.15) is 23.4 Å². The summed E-state index contributed by atoms with van der Waals surface area (Å²) < 4.78 is 3.05. The summed E-state index contributed by atoms with van der Waals surface area (Å²) in [4.78, 5) is 26.8. The Bertz CT molecular complexity index is 1030. The van der Waals surface area contributed by atoms with E-state index in [0.29, 0.717) is 23.0 Å². The molecule has 0 fully saturated rings. The molecular weight excluding hydrogens is 386 g/mol. The van der Waals surface area contributed by atoms with Crippen molar-refractivity contribution in [1.29, 1.82) is 0 Å². The fraction of sp³-hybridized carbons (Fsp3) is 0.294. The van der Waals surface area contributed by atoms with Gasteiger partial charge in [-0.05, 0) is 31.5 Å². The van der Waals surface area contributed by atoms with Gasteiger partial charge >= 0.3 is 5.69 Å². The third kappa shape index (κ3) is 4.52. The zero-order valence-electron chi connectivity index (χ0n) is 15.3. The highest BCUT2D eigenvalue weighted by atomic mass is 35.5. The fourth-order valence-corrected chi connectivity index (χ4v) is 3.03. The number of carbonyl (C=O) groups excluding carboxylic acids is 1. The Morgan fingerprint density at radius 2 is 2.11 bits per heavy atom. The molecule has 1 amide bonds. The first kappa shape index (κ1) is 19.5. The van der Waals surface area contributed by atoms with Gasteiger partial charge in [0.25, 0.3) is 0 Å². The first-order valence-corrected chi connectivity index (χ1v) is 8.83. The van der Waals surface area contributed by atoms with E-state index in [-0.39, 0.29) is 30.5 Å². The predicted molar refractivity (Wildman–Crippen MR) is 102 cm³/mol. The minimum Gasteiger partial charge on any atom is -0.293 e. The zero-order chi connectivity index (χ0) is 20.3. The lowest BCUT2D eigenvalue weighted by atomic mass is 10.2. The molecule has 0 aliphatic carbocycles. The number of halogens is 1. The molecular formula is C17H18ClN7O3. The average molecular weight is 404 g/mol. The number of amides is 1. The molecule has 2 aromatic heterocycles. The summed E-state index contributed by atoms with van der Waals surface area (Å²) in [6.45, 7) is 3.86. The van der Waals surface area contributed by atoms with E-state index < -0.39 is 4.92 Å². The lowest BCUT2D eigenvalue weighted by Gasteiger charge is -2.04. The second-order valence-electron chi connectivity index (χ2n) is 6.19. The molecule has 10 nitrogen and oxygen atoms in total. The molecule has 0 unspecified atom stereocenters. The molecule has 3 aromatic rings. The van der Waals surface area contributed by atoms with Gasteiger partial charge in [0.1, 0.15) is 17.7 Å². The Morgan fingerprint density at radius 1 is 1.32 bits per heavy atom. The molecule has 11 heteroatoms. The molecule has 1 N–H and O–H groups in total. The van der Waals surface area contributed by atoms with Crippen LogP contribution in [0.4, 0.5) is 11.6 Å². The maximum Gasteiger partial charge on any atom is 0.312 e. The molecule has 28 heavy (non-hydrogen) atoms. The van der Waals surface area contributed by atoms with Crippen LogP contribution in [0.15, 0.2) is 30.6 Å². The molecule has 1 aromatic carbocycles. The van der Waals surface area contributed by atoms with Crippen LogP contribution < -0.4 is 5.32 Å². The number of nitro groups is 1. The Balaban J connectivity index is 1.57. The van der Waals surface area contributed by atoms with E-state index in [2.05, 4.69) is 20.5 Å². The van der Waals surface area contributed by atoms with Crippen LogP contribution in [-0.4, -0.2) is 35.4 Å². The van der Waals surface area contributed by atoms with E-state index in [9.17, 15) is 14.9 Å². The summed E-state index contributed by atoms with van der Waals surface area (Å²) >= 11 is 5.96. The number of aryl methyl sites for hydroxylation is 2. The van der Waals surface area contributed by atoms with Gasteiger partial charge < -0.3 is 0 Å². The van der Waals surface area contributed by atoms with Crippen LogP contribution in [0.5, 0.6) is 0 Å². The van der Waals surface area contributed by atoms with E-state index in [4.69, 9.17) is 11.6 Å². The maximum absolute atomic E-state index is 12.1. The minimum absolute atomic E-state index is 0.0261. The summed E-state index contributed by atoms with van der Waals surface area (Å²) in [5.41, 5.74) is 1.67. The van der Waals surface area contributed by atoms with Gasteiger partial charge in [-0.25, -0.2) is 9.67 Å². The summed E-state index contributed by atoms with van der Waals surface area (Å²) in [6, 6.07) is 7.38. The van der Waals surface area contributed by atoms with Crippen molar-refractivity contribution in [2.24, 2.45) is 0 Å². The van der Waals surface area contributed by atoms with Gasteiger partial charge in [-0.3, -0.25) is 24.9 Å². The monoisotopic (exact) mass is 403 g/mol. The first-order chi connectivity index (χ1) is 13.3. The third-order valence-corrected chi connectivity index (χ3v) is 4.33. The Morgan fingerprint density at radius 3 is 2.79 bits per heavy atom. The SMILES string of the molecule is Cc1nn(CCC(=O)Nc2ncn(Cc3cccc(Cl)c3)n2)c(C)c1[N+](=O)[O-]. The standard InChI is InChI=1S/C17H18ClN7O3/c1-11-16(25(27)28)12(2)24(21-11)7-6-15(26)20-17-19-10-23(22-17)9-13-4-3-5-14(18)8-13/h3-5,8,10H,6-7,9H2,1-2H3,(H,20,22,26). The predicted octanol–water partition coefficient (Wildman–Crippen LogP) is 2.73. The van der Waals surface area contributed by atoms with Crippen molar-refractivity contribution in [3.8, 4) is 0 Å². The minimum atomic E-state index is -0.468. The van der Waals surface area contributed by atoms with Crippen molar-refractivity contribution in [2.75, 3.05) is 5.32 Å². The Labute approximate surface area is 165 Å². The quantitative estimate of drug-likeness (QED) is 0.478. The number of anilines is 1. The molecule has 3 rings (SSSR count). The van der Waals surface area contributed by atoms with Crippen molar-refractivity contribution >= 4 is 29.1 Å². The molecule has 0 saturated heterocycles. The number of rotatable bonds is 7. The molecule has 0 atom stereocenters. The van der Waals surface area contributed by atoms with E-state index in [1.165, 1.54) is 11.0 Å². The molecule has 0 aliphatic heterocycles. The largest absolute Gasteiger partial charge is 0.312 e. The second-order valence-corrected chi connectivity index (χ2v) is 6.63. The Hall–Kier alpha value is -3.27. The fourth-order valence-electron chi connectivity index (χ4n) is 2.81. The van der Waals surface area contributed by atoms with Crippen LogP contribution >= 0.6 is 11.6 Å². The van der Waals surface area contributed by atoms with Gasteiger partial charge in [0.05, 0.1) is 18.0 Å². The zero-order valence-corrected chi connectivity index (χ0v) is 16.0. The molecule has 146 valence electrons. The Kier molecular flexibility index (Phi) is 5.69. The van der Waals surface area contributed by atoms with Gasteiger partial charge in [-0.1, -0.05) is 23.7 Å². The van der Waals surface area contributed by atoms with Crippen LogP contribution in [0.3, 0.4) is 0 Å². The number of nitrogens with one attached hydrogen (secondary N) is 1. The van der Waals surface area contributed by atoms with Gasteiger partial charge in [0, 0.05) is 11.4 Å². The number of nitrogens with zero attached hydrogens (tertiary/aromatic N) is 6. The van der Waals surface area contributed by atoms with Crippen LogP contribution in [-0.2, 0) is 17.9 Å². The second kappa shape index (κ2) is 8.17. The first-order valence-electron chi connectivity index (χ1n) is 8.45. The van der Waals surface area contributed by atoms with Gasteiger partial charge in [0.15, 0.2) is 0 Å². The molecule has 0 radical (unpaired) electrons. The van der Waals surface area contributed by atoms with E-state index >= 15 is 0 Å². The number of hydrogen-bond donors (Lipinski definition) is 1. The summed E-state index contributed by atoms with van der Waals surface area (Å²) in [7, 11) is 0. The van der Waals surface area contributed by atoms with Crippen molar-refractivity contribution in [3.05, 3.63) is 62.7 Å². The molecule has 0 spiro atoms. The highest BCUT2D eigenvalue weighted by Gasteiger charge is 2.21. The smallest absolute Gasteiger partial charge is 0.293 e. The number of carbonyl (C=O) groups is 1. The highest BCUT2D eigenvalue weighted by Crippen LogP contribution is 2.21. The van der Waals surface area contributed by atoms with Gasteiger partial charge in [-0.2, -0.15) is 5.10 Å². The number of benzene rings is 1. The van der Waals surface area contributed by atoms with Crippen LogP contribution in [0.2, 0.25) is 5.02 Å². The summed E-state index contributed by atoms with van der Waals surface area (Å²) in [5, 5.41) is 22.6. The molecule has 0 saturated carbocycles. The van der Waals surface area contributed by atoms with Crippen molar-refractivity contribution < 1.29 is 9.72 Å². The van der Waals surface area contributed by atoms with Gasteiger partial charge in [-0.15, -0.1) is 5.10 Å². The van der Waals surface area contributed by atoms with Crippen LogP contribution in [0, 0.1) is 24.0 Å². The van der Waals surface area contributed by atoms with E-state index in [0.717, 1.165) is 5.56 Å². The summed E-state index contributed by atoms with van der Waals surface area (Å²) in [5.74, 6) is -0.123. The molecule has 0 bridgehead atoms. The maximum atomic E-state index is 12.1. The van der Waals surface area contributed by atoms with E-state index in [1.807, 2.05) is 18.2 Å². The lowest BCUT2D eigenvalue weighted by molar-refractivity contribution is -0.386.